The van der Waals surface area contributed by atoms with Gasteiger partial charge in [-0.2, -0.15) is 0 Å². The molecule has 82 valence electrons. The molecule has 0 aromatic carbocycles. The minimum Gasteiger partial charge on any atom is -0.468 e. The molecule has 6 heteroatoms. The van der Waals surface area contributed by atoms with Crippen LogP contribution in [0.5, 0.6) is 0 Å². The van der Waals surface area contributed by atoms with Crippen LogP contribution in [0, 0.1) is 0 Å². The highest BCUT2D eigenvalue weighted by atomic mass is 16.5. The number of nitrogens with zero attached hydrogens (tertiary/aromatic N) is 4. The summed E-state index contributed by atoms with van der Waals surface area (Å²) < 4.78 is 6.55. The quantitative estimate of drug-likeness (QED) is 0.679. The summed E-state index contributed by atoms with van der Waals surface area (Å²) in [6, 6.07) is 1.78. The Morgan fingerprint density at radius 3 is 3.00 bits per heavy atom. The summed E-state index contributed by atoms with van der Waals surface area (Å²) in [4.78, 5) is 15.8. The minimum absolute atomic E-state index is 0.245. The minimum atomic E-state index is -0.600. The van der Waals surface area contributed by atoms with Gasteiger partial charge in [0, 0.05) is 12.4 Å². The number of hydrogen-bond donors (Lipinski definition) is 0. The van der Waals surface area contributed by atoms with Crippen molar-refractivity contribution in [2.45, 2.75) is 18.3 Å². The standard InChI is InChI=1S/C10H10N4O2/c1-16-8(15)10(3-4-10)7-12-13-9-11-5-2-6-14(7)9/h2,5-6H,3-4H2,1H3. The maximum atomic E-state index is 11.7. The smallest absolute Gasteiger partial charge is 0.319 e. The van der Waals surface area contributed by atoms with Crippen LogP contribution in [0.4, 0.5) is 0 Å². The number of carbonyl (C=O) groups is 1. The van der Waals surface area contributed by atoms with E-state index in [4.69, 9.17) is 4.74 Å². The summed E-state index contributed by atoms with van der Waals surface area (Å²) in [7, 11) is 1.39. The third-order valence-corrected chi connectivity index (χ3v) is 2.94. The SMILES string of the molecule is COC(=O)C1(c2nnc3ncccn23)CC1. The number of esters is 1. The first-order chi connectivity index (χ1) is 7.78. The van der Waals surface area contributed by atoms with Gasteiger partial charge in [0.15, 0.2) is 5.82 Å². The summed E-state index contributed by atoms with van der Waals surface area (Å²) in [5.74, 6) is 0.890. The fourth-order valence-corrected chi connectivity index (χ4v) is 1.91. The van der Waals surface area contributed by atoms with E-state index in [0.29, 0.717) is 11.6 Å². The van der Waals surface area contributed by atoms with E-state index >= 15 is 0 Å². The summed E-state index contributed by atoms with van der Waals surface area (Å²) in [6.45, 7) is 0. The van der Waals surface area contributed by atoms with Crippen molar-refractivity contribution >= 4 is 11.7 Å². The lowest BCUT2D eigenvalue weighted by molar-refractivity contribution is -0.143. The Balaban J connectivity index is 2.16. The predicted octanol–water partition coefficient (Wildman–Crippen LogP) is 0.329. The van der Waals surface area contributed by atoms with Gasteiger partial charge in [0.2, 0.25) is 0 Å². The van der Waals surface area contributed by atoms with E-state index in [1.54, 1.807) is 22.9 Å². The first kappa shape index (κ1) is 9.26. The molecule has 3 rings (SSSR count). The van der Waals surface area contributed by atoms with Gasteiger partial charge in [0.1, 0.15) is 5.41 Å². The van der Waals surface area contributed by atoms with Crippen LogP contribution < -0.4 is 0 Å². The van der Waals surface area contributed by atoms with E-state index in [1.165, 1.54) is 7.11 Å². The van der Waals surface area contributed by atoms with E-state index in [2.05, 4.69) is 15.2 Å². The first-order valence-corrected chi connectivity index (χ1v) is 5.02. The molecule has 1 aliphatic rings. The number of fused-ring (bicyclic) bond motifs is 1. The second-order valence-corrected chi connectivity index (χ2v) is 3.89. The Bertz CT molecular complexity index is 559. The fourth-order valence-electron chi connectivity index (χ4n) is 1.91. The van der Waals surface area contributed by atoms with Crippen LogP contribution in [0.1, 0.15) is 18.7 Å². The van der Waals surface area contributed by atoms with Crippen molar-refractivity contribution in [2.24, 2.45) is 0 Å². The van der Waals surface area contributed by atoms with Crippen molar-refractivity contribution in [1.29, 1.82) is 0 Å². The Morgan fingerprint density at radius 1 is 1.50 bits per heavy atom. The topological polar surface area (TPSA) is 69.4 Å². The molecule has 1 aliphatic carbocycles. The van der Waals surface area contributed by atoms with Gasteiger partial charge in [0.05, 0.1) is 7.11 Å². The van der Waals surface area contributed by atoms with Crippen LogP contribution in [0.25, 0.3) is 5.78 Å². The Hall–Kier alpha value is -1.98. The largest absolute Gasteiger partial charge is 0.468 e. The van der Waals surface area contributed by atoms with Crippen LogP contribution in [0.15, 0.2) is 18.5 Å². The highest BCUT2D eigenvalue weighted by Gasteiger charge is 2.56. The Kier molecular flexibility index (Phi) is 1.74. The zero-order valence-corrected chi connectivity index (χ0v) is 8.75. The molecule has 2 aromatic heterocycles. The third-order valence-electron chi connectivity index (χ3n) is 2.94. The van der Waals surface area contributed by atoms with Gasteiger partial charge in [-0.25, -0.2) is 4.98 Å². The number of aromatic nitrogens is 4. The van der Waals surface area contributed by atoms with Crippen molar-refractivity contribution in [1.82, 2.24) is 19.6 Å². The number of rotatable bonds is 2. The fraction of sp³-hybridized carbons (Fsp3) is 0.400. The summed E-state index contributed by atoms with van der Waals surface area (Å²) in [5, 5.41) is 7.98. The van der Waals surface area contributed by atoms with Gasteiger partial charge in [-0.05, 0) is 18.9 Å². The molecule has 1 saturated carbocycles. The highest BCUT2D eigenvalue weighted by Crippen LogP contribution is 2.48. The highest BCUT2D eigenvalue weighted by molar-refractivity contribution is 5.85. The maximum Gasteiger partial charge on any atom is 0.319 e. The molecule has 0 amide bonds. The maximum absolute atomic E-state index is 11.7. The van der Waals surface area contributed by atoms with Crippen LogP contribution in [0.2, 0.25) is 0 Å². The van der Waals surface area contributed by atoms with Crippen molar-refractivity contribution in [3.05, 3.63) is 24.3 Å². The third kappa shape index (κ3) is 1.07. The van der Waals surface area contributed by atoms with E-state index in [-0.39, 0.29) is 5.97 Å². The molecule has 1 fully saturated rings. The molecule has 2 aromatic rings. The van der Waals surface area contributed by atoms with E-state index in [1.807, 2.05) is 0 Å². The molecule has 0 bridgehead atoms. The molecule has 0 spiro atoms. The Morgan fingerprint density at radius 2 is 2.31 bits per heavy atom. The average molecular weight is 218 g/mol. The first-order valence-electron chi connectivity index (χ1n) is 5.02. The summed E-state index contributed by atoms with van der Waals surface area (Å²) in [6.07, 6.45) is 4.97. The molecular formula is C10H10N4O2. The number of methoxy groups -OCH3 is 1. The predicted molar refractivity (Wildman–Crippen MR) is 53.7 cm³/mol. The molecular weight excluding hydrogens is 208 g/mol. The molecule has 2 heterocycles. The number of ether oxygens (including phenoxy) is 1. The molecule has 0 aliphatic heterocycles. The van der Waals surface area contributed by atoms with Gasteiger partial charge >= 0.3 is 5.97 Å². The van der Waals surface area contributed by atoms with Crippen molar-refractivity contribution in [3.8, 4) is 0 Å². The number of carbonyl (C=O) groups excluding carboxylic acids is 1. The Labute approximate surface area is 91.3 Å². The second kappa shape index (κ2) is 3.01. The summed E-state index contributed by atoms with van der Waals surface area (Å²) >= 11 is 0. The second-order valence-electron chi connectivity index (χ2n) is 3.89. The average Bonchev–Trinajstić information content (AvgIpc) is 3.02. The zero-order valence-electron chi connectivity index (χ0n) is 8.75. The lowest BCUT2D eigenvalue weighted by Gasteiger charge is -2.09. The van der Waals surface area contributed by atoms with Crippen LogP contribution in [-0.4, -0.2) is 32.7 Å². The normalized spacial score (nSPS) is 17.3. The van der Waals surface area contributed by atoms with Crippen molar-refractivity contribution in [2.75, 3.05) is 7.11 Å². The van der Waals surface area contributed by atoms with Gasteiger partial charge < -0.3 is 4.74 Å². The van der Waals surface area contributed by atoms with Crippen molar-refractivity contribution in [3.63, 3.8) is 0 Å². The van der Waals surface area contributed by atoms with Crippen LogP contribution in [0.3, 0.4) is 0 Å². The lowest BCUT2D eigenvalue weighted by atomic mass is 10.1. The zero-order chi connectivity index (χ0) is 11.2. The molecule has 0 unspecified atom stereocenters. The lowest BCUT2D eigenvalue weighted by Crippen LogP contribution is -2.24. The van der Waals surface area contributed by atoms with E-state index in [9.17, 15) is 4.79 Å². The monoisotopic (exact) mass is 218 g/mol. The molecule has 0 radical (unpaired) electrons. The van der Waals surface area contributed by atoms with E-state index in [0.717, 1.165) is 12.8 Å². The van der Waals surface area contributed by atoms with E-state index < -0.39 is 5.41 Å². The molecule has 16 heavy (non-hydrogen) atoms. The molecule has 0 N–H and O–H groups in total. The molecule has 0 saturated heterocycles. The summed E-state index contributed by atoms with van der Waals surface area (Å²) in [5.41, 5.74) is -0.600. The van der Waals surface area contributed by atoms with Gasteiger partial charge in [-0.1, -0.05) is 0 Å². The van der Waals surface area contributed by atoms with Gasteiger partial charge in [-0.3, -0.25) is 9.20 Å². The van der Waals surface area contributed by atoms with Crippen LogP contribution >= 0.6 is 0 Å². The van der Waals surface area contributed by atoms with Gasteiger partial charge in [-0.15, -0.1) is 10.2 Å². The van der Waals surface area contributed by atoms with Crippen LogP contribution in [-0.2, 0) is 14.9 Å². The van der Waals surface area contributed by atoms with Gasteiger partial charge in [0.25, 0.3) is 5.78 Å². The number of hydrogen-bond acceptors (Lipinski definition) is 5. The molecule has 0 atom stereocenters. The van der Waals surface area contributed by atoms with Crippen molar-refractivity contribution < 1.29 is 9.53 Å². The molecule has 6 nitrogen and oxygen atoms in total.